The average Bonchev–Trinajstić information content (AvgIpc) is 2.86. The number of amides is 1. The van der Waals surface area contributed by atoms with Gasteiger partial charge in [0, 0.05) is 43.3 Å². The van der Waals surface area contributed by atoms with E-state index in [1.54, 1.807) is 19.1 Å². The van der Waals surface area contributed by atoms with E-state index < -0.39 is 0 Å². The lowest BCUT2D eigenvalue weighted by molar-refractivity contribution is -0.114. The molecule has 198 valence electrons. The molecular formula is C30H41N5O2. The molecule has 1 saturated heterocycles. The Balaban J connectivity index is 0.000000260. The van der Waals surface area contributed by atoms with E-state index in [9.17, 15) is 9.59 Å². The maximum absolute atomic E-state index is 11.3. The minimum Gasteiger partial charge on any atom is -0.371 e. The number of ketones is 1. The number of hydrogen-bond donors (Lipinski definition) is 2. The molecule has 3 aromatic rings. The van der Waals surface area contributed by atoms with E-state index in [0.29, 0.717) is 22.9 Å². The Morgan fingerprint density at radius 1 is 0.892 bits per heavy atom. The highest BCUT2D eigenvalue weighted by Gasteiger charge is 2.12. The molecule has 1 aromatic heterocycles. The summed E-state index contributed by atoms with van der Waals surface area (Å²) in [5.41, 5.74) is 6.79. The maximum atomic E-state index is 11.3. The number of anilines is 4. The van der Waals surface area contributed by atoms with Crippen LogP contribution in [0.2, 0.25) is 0 Å². The normalized spacial score (nSPS) is 12.4. The Hall–Kier alpha value is -3.74. The number of aromatic nitrogens is 2. The lowest BCUT2D eigenvalue weighted by atomic mass is 10.1. The van der Waals surface area contributed by atoms with Gasteiger partial charge in [-0.1, -0.05) is 37.6 Å². The number of nitrogens with one attached hydrogen (secondary N) is 2. The lowest BCUT2D eigenvalue weighted by Gasteiger charge is -2.30. The number of carbonyl (C=O) groups is 2. The molecule has 0 spiro atoms. The number of benzene rings is 2. The summed E-state index contributed by atoms with van der Waals surface area (Å²) in [6.45, 7) is 15.6. The van der Waals surface area contributed by atoms with Crippen molar-refractivity contribution in [1.82, 2.24) is 9.97 Å². The zero-order chi connectivity index (χ0) is 27.4. The van der Waals surface area contributed by atoms with Crippen molar-refractivity contribution in [3.63, 3.8) is 0 Å². The first-order valence-corrected chi connectivity index (χ1v) is 13.0. The van der Waals surface area contributed by atoms with Crippen LogP contribution in [0.25, 0.3) is 0 Å². The van der Waals surface area contributed by atoms with Gasteiger partial charge in [-0.25, -0.2) is 9.97 Å². The van der Waals surface area contributed by atoms with Crippen molar-refractivity contribution in [3.8, 4) is 0 Å². The molecule has 4 rings (SSSR count). The van der Waals surface area contributed by atoms with Gasteiger partial charge in [0.2, 0.25) is 11.9 Å². The third kappa shape index (κ3) is 9.33. The van der Waals surface area contributed by atoms with E-state index in [4.69, 9.17) is 0 Å². The fraction of sp³-hybridized carbons (Fsp3) is 0.400. The molecule has 2 heterocycles. The van der Waals surface area contributed by atoms with Gasteiger partial charge in [0.1, 0.15) is 0 Å². The van der Waals surface area contributed by atoms with Crippen LogP contribution < -0.4 is 15.5 Å². The Kier molecular flexibility index (Phi) is 11.7. The summed E-state index contributed by atoms with van der Waals surface area (Å²) in [4.78, 5) is 33.3. The first kappa shape index (κ1) is 29.5. The van der Waals surface area contributed by atoms with Gasteiger partial charge in [-0.15, -0.1) is 0 Å². The molecule has 0 saturated carbocycles. The summed E-state index contributed by atoms with van der Waals surface area (Å²) in [7, 11) is 0. The minimum absolute atomic E-state index is 0.0632. The second-order valence-corrected chi connectivity index (χ2v) is 8.97. The number of Topliss-reactive ketones (excluding diaryl/α,β-unsaturated/α-hetero) is 1. The number of nitrogens with zero attached hydrogens (tertiary/aromatic N) is 3. The molecule has 2 aromatic carbocycles. The van der Waals surface area contributed by atoms with Gasteiger partial charge in [-0.05, 0) is 76.8 Å². The smallest absolute Gasteiger partial charge is 0.227 e. The van der Waals surface area contributed by atoms with E-state index in [1.807, 2.05) is 26.0 Å². The van der Waals surface area contributed by atoms with Crippen LogP contribution >= 0.6 is 0 Å². The van der Waals surface area contributed by atoms with E-state index >= 15 is 0 Å². The molecule has 37 heavy (non-hydrogen) atoms. The van der Waals surface area contributed by atoms with Crippen LogP contribution in [0.1, 0.15) is 74.1 Å². The van der Waals surface area contributed by atoms with Crippen LogP contribution in [0.3, 0.4) is 0 Å². The summed E-state index contributed by atoms with van der Waals surface area (Å²) in [6.07, 6.45) is 5.62. The highest BCUT2D eigenvalue weighted by molar-refractivity contribution is 5.94. The zero-order valence-corrected chi connectivity index (χ0v) is 23.3. The number of hydrogen-bond acceptors (Lipinski definition) is 6. The summed E-state index contributed by atoms with van der Waals surface area (Å²) in [6, 6.07) is 14.0. The molecule has 0 atom stereocenters. The van der Waals surface area contributed by atoms with Crippen LogP contribution in [-0.4, -0.2) is 34.7 Å². The van der Waals surface area contributed by atoms with Crippen molar-refractivity contribution in [2.24, 2.45) is 0 Å². The average molecular weight is 504 g/mol. The van der Waals surface area contributed by atoms with E-state index in [1.165, 1.54) is 69.2 Å². The van der Waals surface area contributed by atoms with Crippen LogP contribution in [0.5, 0.6) is 0 Å². The molecule has 7 heteroatoms. The minimum atomic E-state index is -0.134. The quantitative estimate of drug-likeness (QED) is 0.364. The summed E-state index contributed by atoms with van der Waals surface area (Å²) >= 11 is 0. The van der Waals surface area contributed by atoms with Gasteiger partial charge in [-0.2, -0.15) is 0 Å². The second kappa shape index (κ2) is 14.7. The Morgan fingerprint density at radius 3 is 2.16 bits per heavy atom. The third-order valence-corrected chi connectivity index (χ3v) is 5.85. The summed E-state index contributed by atoms with van der Waals surface area (Å²) in [5.74, 6) is 0.203. The molecule has 0 radical (unpaired) electrons. The van der Waals surface area contributed by atoms with Crippen molar-refractivity contribution >= 4 is 34.7 Å². The molecule has 0 unspecified atom stereocenters. The number of aryl methyl sites for hydroxylation is 3. The highest BCUT2D eigenvalue weighted by atomic mass is 16.1. The number of carbonyl (C=O) groups excluding carboxylic acids is 2. The monoisotopic (exact) mass is 503 g/mol. The molecule has 1 fully saturated rings. The van der Waals surface area contributed by atoms with Crippen LogP contribution in [-0.2, 0) is 4.79 Å². The number of piperidine rings is 1. The predicted octanol–water partition coefficient (Wildman–Crippen LogP) is 7.01. The summed E-state index contributed by atoms with van der Waals surface area (Å²) in [5, 5.41) is 5.74. The predicted molar refractivity (Wildman–Crippen MR) is 154 cm³/mol. The molecule has 7 nitrogen and oxygen atoms in total. The van der Waals surface area contributed by atoms with Crippen LogP contribution in [0.4, 0.5) is 23.0 Å². The van der Waals surface area contributed by atoms with Gasteiger partial charge in [-0.3, -0.25) is 9.59 Å². The highest BCUT2D eigenvalue weighted by Crippen LogP contribution is 2.24. The van der Waals surface area contributed by atoms with Gasteiger partial charge in [0.25, 0.3) is 0 Å². The lowest BCUT2D eigenvalue weighted by Crippen LogP contribution is -2.29. The van der Waals surface area contributed by atoms with E-state index in [2.05, 4.69) is 57.5 Å². The molecule has 1 amide bonds. The SMILES string of the molecule is CC.CC(=O)Nc1cccc(Nc2ncc(C(C)=O)c(C)n2)c1.Cc1ccc(N2CCCCC2)c(C)c1. The standard InChI is InChI=1S/C15H16N4O2.C13H19N.C2H6/c1-9-14(10(2)20)8-16-15(17-9)19-13-6-4-5-12(7-13)18-11(3)21;1-11-6-7-13(12(2)10-11)14-8-4-3-5-9-14;1-2/h4-8H,1-3H3,(H,18,21)(H,16,17,19);6-7,10H,3-5,8-9H2,1-2H3;1-2H3. The molecular weight excluding hydrogens is 462 g/mol. The van der Waals surface area contributed by atoms with E-state index in [0.717, 1.165) is 5.69 Å². The summed E-state index contributed by atoms with van der Waals surface area (Å²) < 4.78 is 0. The Labute approximate surface area is 221 Å². The van der Waals surface area contributed by atoms with Crippen molar-refractivity contribution in [2.45, 2.75) is 67.7 Å². The van der Waals surface area contributed by atoms with Gasteiger partial charge >= 0.3 is 0 Å². The topological polar surface area (TPSA) is 87.2 Å². The van der Waals surface area contributed by atoms with Crippen LogP contribution in [0, 0.1) is 20.8 Å². The molecule has 2 N–H and O–H groups in total. The largest absolute Gasteiger partial charge is 0.371 e. The Bertz CT molecular complexity index is 1190. The fourth-order valence-corrected chi connectivity index (χ4v) is 4.18. The molecule has 0 aliphatic carbocycles. The van der Waals surface area contributed by atoms with Crippen molar-refractivity contribution in [3.05, 3.63) is 71.0 Å². The molecule has 1 aliphatic heterocycles. The van der Waals surface area contributed by atoms with Crippen molar-refractivity contribution < 1.29 is 9.59 Å². The van der Waals surface area contributed by atoms with Gasteiger partial charge < -0.3 is 15.5 Å². The second-order valence-electron chi connectivity index (χ2n) is 8.97. The number of rotatable bonds is 5. The van der Waals surface area contributed by atoms with Crippen molar-refractivity contribution in [1.29, 1.82) is 0 Å². The van der Waals surface area contributed by atoms with Crippen molar-refractivity contribution in [2.75, 3.05) is 28.6 Å². The third-order valence-electron chi connectivity index (χ3n) is 5.85. The zero-order valence-electron chi connectivity index (χ0n) is 23.3. The molecule has 0 bridgehead atoms. The van der Waals surface area contributed by atoms with Gasteiger partial charge in [0.05, 0.1) is 11.3 Å². The Morgan fingerprint density at radius 2 is 1.57 bits per heavy atom. The van der Waals surface area contributed by atoms with Gasteiger partial charge in [0.15, 0.2) is 5.78 Å². The first-order valence-electron chi connectivity index (χ1n) is 13.0. The van der Waals surface area contributed by atoms with Crippen LogP contribution in [0.15, 0.2) is 48.7 Å². The fourth-order valence-electron chi connectivity index (χ4n) is 4.18. The molecule has 1 aliphatic rings. The maximum Gasteiger partial charge on any atom is 0.227 e. The first-order chi connectivity index (χ1) is 17.7. The van der Waals surface area contributed by atoms with E-state index in [-0.39, 0.29) is 11.7 Å².